The second-order valence-electron chi connectivity index (χ2n) is 3.65. The molecule has 0 bridgehead atoms. The van der Waals surface area contributed by atoms with Crippen LogP contribution in [0.1, 0.15) is 13.3 Å². The molecule has 0 amide bonds. The van der Waals surface area contributed by atoms with Crippen LogP contribution in [0.4, 0.5) is 0 Å². The van der Waals surface area contributed by atoms with Gasteiger partial charge in [-0.15, -0.1) is 0 Å². The third-order valence-corrected chi connectivity index (χ3v) is 3.08. The van der Waals surface area contributed by atoms with Gasteiger partial charge in [0.15, 0.2) is 0 Å². The quantitative estimate of drug-likeness (QED) is 0.559. The topological polar surface area (TPSA) is 35.5 Å². The van der Waals surface area contributed by atoms with Gasteiger partial charge in [0.1, 0.15) is 0 Å². The SMILES string of the molecule is CCNC(CCO)CSCCN(C)C. The van der Waals surface area contributed by atoms with Crippen LogP contribution in [0.25, 0.3) is 0 Å². The molecule has 0 spiro atoms. The molecule has 86 valence electrons. The molecule has 0 radical (unpaired) electrons. The Balaban J connectivity index is 3.40. The second kappa shape index (κ2) is 9.77. The van der Waals surface area contributed by atoms with Gasteiger partial charge in [-0.3, -0.25) is 0 Å². The summed E-state index contributed by atoms with van der Waals surface area (Å²) >= 11 is 1.95. The van der Waals surface area contributed by atoms with E-state index >= 15 is 0 Å². The highest BCUT2D eigenvalue weighted by Crippen LogP contribution is 2.05. The molecule has 1 atom stereocenters. The molecular weight excluding hydrogens is 196 g/mol. The minimum Gasteiger partial charge on any atom is -0.396 e. The van der Waals surface area contributed by atoms with E-state index in [2.05, 4.69) is 31.2 Å². The summed E-state index contributed by atoms with van der Waals surface area (Å²) < 4.78 is 0. The molecule has 0 fully saturated rings. The first-order valence-electron chi connectivity index (χ1n) is 5.27. The number of aliphatic hydroxyl groups excluding tert-OH is 1. The number of rotatable bonds is 9. The molecule has 0 heterocycles. The Morgan fingerprint density at radius 1 is 1.43 bits per heavy atom. The van der Waals surface area contributed by atoms with Gasteiger partial charge in [-0.2, -0.15) is 11.8 Å². The highest BCUT2D eigenvalue weighted by Gasteiger charge is 2.05. The van der Waals surface area contributed by atoms with Gasteiger partial charge >= 0.3 is 0 Å². The molecule has 0 saturated heterocycles. The van der Waals surface area contributed by atoms with Gasteiger partial charge in [-0.25, -0.2) is 0 Å². The third-order valence-electron chi connectivity index (χ3n) is 1.97. The van der Waals surface area contributed by atoms with Crippen molar-refractivity contribution in [3.63, 3.8) is 0 Å². The van der Waals surface area contributed by atoms with Gasteiger partial charge in [0.05, 0.1) is 0 Å². The summed E-state index contributed by atoms with van der Waals surface area (Å²) in [4.78, 5) is 2.20. The lowest BCUT2D eigenvalue weighted by Gasteiger charge is -2.16. The van der Waals surface area contributed by atoms with Crippen LogP contribution in [0, 0.1) is 0 Å². The second-order valence-corrected chi connectivity index (χ2v) is 4.79. The van der Waals surface area contributed by atoms with Crippen LogP contribution < -0.4 is 5.32 Å². The predicted octanol–water partition coefficient (Wildman–Crippen LogP) is 0.642. The van der Waals surface area contributed by atoms with Crippen molar-refractivity contribution in [2.75, 3.05) is 45.3 Å². The number of nitrogens with one attached hydrogen (secondary N) is 1. The largest absolute Gasteiger partial charge is 0.396 e. The number of nitrogens with zero attached hydrogens (tertiary/aromatic N) is 1. The fourth-order valence-corrected chi connectivity index (χ4v) is 2.39. The lowest BCUT2D eigenvalue weighted by atomic mass is 10.2. The summed E-state index contributed by atoms with van der Waals surface area (Å²) in [7, 11) is 4.19. The summed E-state index contributed by atoms with van der Waals surface area (Å²) in [5.41, 5.74) is 0. The normalized spacial score (nSPS) is 13.5. The fourth-order valence-electron chi connectivity index (χ4n) is 1.16. The average Bonchev–Trinajstić information content (AvgIpc) is 2.12. The van der Waals surface area contributed by atoms with Crippen LogP contribution in [-0.2, 0) is 0 Å². The van der Waals surface area contributed by atoms with Crippen LogP contribution in [0.2, 0.25) is 0 Å². The third kappa shape index (κ3) is 8.81. The molecule has 3 nitrogen and oxygen atoms in total. The van der Waals surface area contributed by atoms with E-state index in [4.69, 9.17) is 5.11 Å². The molecule has 0 rings (SSSR count). The highest BCUT2D eigenvalue weighted by molar-refractivity contribution is 7.99. The van der Waals surface area contributed by atoms with Crippen molar-refractivity contribution in [1.29, 1.82) is 0 Å². The zero-order chi connectivity index (χ0) is 10.8. The summed E-state index contributed by atoms with van der Waals surface area (Å²) in [5, 5.41) is 12.2. The Kier molecular flexibility index (Phi) is 9.93. The molecule has 14 heavy (non-hydrogen) atoms. The van der Waals surface area contributed by atoms with Crippen molar-refractivity contribution in [2.24, 2.45) is 0 Å². The first-order valence-corrected chi connectivity index (χ1v) is 6.42. The monoisotopic (exact) mass is 220 g/mol. The minimum absolute atomic E-state index is 0.284. The van der Waals surface area contributed by atoms with Gasteiger partial charge < -0.3 is 15.3 Å². The zero-order valence-electron chi connectivity index (χ0n) is 9.62. The van der Waals surface area contributed by atoms with Crippen molar-refractivity contribution < 1.29 is 5.11 Å². The molecule has 0 aliphatic heterocycles. The molecule has 1 unspecified atom stereocenters. The number of hydrogen-bond acceptors (Lipinski definition) is 4. The Morgan fingerprint density at radius 3 is 2.64 bits per heavy atom. The van der Waals surface area contributed by atoms with Crippen molar-refractivity contribution in [3.05, 3.63) is 0 Å². The smallest absolute Gasteiger partial charge is 0.0446 e. The van der Waals surface area contributed by atoms with Crippen LogP contribution in [0.3, 0.4) is 0 Å². The molecule has 0 aromatic carbocycles. The van der Waals surface area contributed by atoms with E-state index in [1.807, 2.05) is 11.8 Å². The van der Waals surface area contributed by atoms with Gasteiger partial charge in [0, 0.05) is 30.7 Å². The van der Waals surface area contributed by atoms with Gasteiger partial charge in [-0.1, -0.05) is 6.92 Å². The van der Waals surface area contributed by atoms with Gasteiger partial charge in [-0.05, 0) is 27.1 Å². The standard InChI is InChI=1S/C10H24N2OS/c1-4-11-10(5-7-13)9-14-8-6-12(2)3/h10-11,13H,4-9H2,1-3H3. The van der Waals surface area contributed by atoms with Crippen molar-refractivity contribution in [2.45, 2.75) is 19.4 Å². The van der Waals surface area contributed by atoms with E-state index in [0.717, 1.165) is 25.3 Å². The number of hydrogen-bond donors (Lipinski definition) is 2. The molecule has 0 aromatic rings. The van der Waals surface area contributed by atoms with Crippen LogP contribution in [0.5, 0.6) is 0 Å². The lowest BCUT2D eigenvalue weighted by molar-refractivity contribution is 0.271. The summed E-state index contributed by atoms with van der Waals surface area (Å²) in [6, 6.07) is 0.470. The van der Waals surface area contributed by atoms with E-state index in [1.54, 1.807) is 0 Å². The number of aliphatic hydroxyl groups is 1. The van der Waals surface area contributed by atoms with E-state index in [9.17, 15) is 0 Å². The predicted molar refractivity (Wildman–Crippen MR) is 65.0 cm³/mol. The molecule has 0 saturated carbocycles. The first-order chi connectivity index (χ1) is 6.70. The highest BCUT2D eigenvalue weighted by atomic mass is 32.2. The van der Waals surface area contributed by atoms with E-state index in [0.29, 0.717) is 6.04 Å². The molecule has 4 heteroatoms. The summed E-state index contributed by atoms with van der Waals surface area (Å²) in [6.45, 7) is 4.50. The maximum absolute atomic E-state index is 8.85. The maximum atomic E-state index is 8.85. The van der Waals surface area contributed by atoms with Crippen LogP contribution in [0.15, 0.2) is 0 Å². The molecule has 2 N–H and O–H groups in total. The van der Waals surface area contributed by atoms with E-state index in [1.165, 1.54) is 5.75 Å². The van der Waals surface area contributed by atoms with Crippen molar-refractivity contribution in [3.8, 4) is 0 Å². The molecule has 0 aliphatic rings. The van der Waals surface area contributed by atoms with Gasteiger partial charge in [0.2, 0.25) is 0 Å². The molecular formula is C10H24N2OS. The van der Waals surface area contributed by atoms with Crippen LogP contribution >= 0.6 is 11.8 Å². The Bertz CT molecular complexity index is 117. The van der Waals surface area contributed by atoms with Gasteiger partial charge in [0.25, 0.3) is 0 Å². The Labute approximate surface area is 92.3 Å². The average molecular weight is 220 g/mol. The summed E-state index contributed by atoms with van der Waals surface area (Å²) in [5.74, 6) is 2.27. The van der Waals surface area contributed by atoms with Crippen LogP contribution in [-0.4, -0.2) is 61.3 Å². The number of thioether (sulfide) groups is 1. The lowest BCUT2D eigenvalue weighted by Crippen LogP contribution is -2.32. The zero-order valence-corrected chi connectivity index (χ0v) is 10.4. The minimum atomic E-state index is 0.284. The van der Waals surface area contributed by atoms with E-state index < -0.39 is 0 Å². The Morgan fingerprint density at radius 2 is 2.14 bits per heavy atom. The Hall–Kier alpha value is 0.230. The maximum Gasteiger partial charge on any atom is 0.0446 e. The first kappa shape index (κ1) is 14.2. The molecule has 0 aromatic heterocycles. The summed E-state index contributed by atoms with van der Waals surface area (Å²) in [6.07, 6.45) is 0.864. The van der Waals surface area contributed by atoms with E-state index in [-0.39, 0.29) is 6.61 Å². The molecule has 0 aliphatic carbocycles. The fraction of sp³-hybridized carbons (Fsp3) is 1.00. The van der Waals surface area contributed by atoms with Crippen molar-refractivity contribution in [1.82, 2.24) is 10.2 Å². The van der Waals surface area contributed by atoms with Crippen molar-refractivity contribution >= 4 is 11.8 Å².